The van der Waals surface area contributed by atoms with Crippen molar-refractivity contribution in [3.8, 4) is 0 Å². The summed E-state index contributed by atoms with van der Waals surface area (Å²) in [5.74, 6) is 0.708. The lowest BCUT2D eigenvalue weighted by Gasteiger charge is -2.52. The largest absolute Gasteiger partial charge is 0.348 e. The van der Waals surface area contributed by atoms with Crippen LogP contribution in [-0.2, 0) is 28.6 Å². The fourth-order valence-electron chi connectivity index (χ4n) is 4.25. The van der Waals surface area contributed by atoms with Crippen molar-refractivity contribution in [1.82, 2.24) is 28.4 Å². The maximum absolute atomic E-state index is 13.3. The van der Waals surface area contributed by atoms with Gasteiger partial charge in [0.15, 0.2) is 0 Å². The monoisotopic (exact) mass is 398 g/mol. The van der Waals surface area contributed by atoms with E-state index < -0.39 is 15.6 Å². The van der Waals surface area contributed by atoms with Crippen molar-refractivity contribution < 1.29 is 13.2 Å². The summed E-state index contributed by atoms with van der Waals surface area (Å²) in [6.45, 7) is 2.13. The number of rotatable bonds is 5. The lowest BCUT2D eigenvalue weighted by atomic mass is 9.68. The van der Waals surface area contributed by atoms with Crippen molar-refractivity contribution >= 4 is 16.1 Å². The Morgan fingerprint density at radius 1 is 1.33 bits per heavy atom. The van der Waals surface area contributed by atoms with Crippen LogP contribution in [0, 0.1) is 5.41 Å². The normalized spacial score (nSPS) is 27.5. The number of carbonyl (C=O) groups excluding carboxylic acids is 1. The highest BCUT2D eigenvalue weighted by Crippen LogP contribution is 2.43. The Bertz CT molecular complexity index is 792. The van der Waals surface area contributed by atoms with Gasteiger partial charge in [-0.05, 0) is 32.9 Å². The van der Waals surface area contributed by atoms with Gasteiger partial charge in [-0.15, -0.1) is 0 Å². The second kappa shape index (κ2) is 7.50. The molecule has 2 aliphatic heterocycles. The van der Waals surface area contributed by atoms with Crippen LogP contribution in [0.4, 0.5) is 0 Å². The van der Waals surface area contributed by atoms with Crippen molar-refractivity contribution in [3.05, 3.63) is 18.2 Å². The van der Waals surface area contributed by atoms with E-state index in [1.165, 1.54) is 8.61 Å². The summed E-state index contributed by atoms with van der Waals surface area (Å²) in [6, 6.07) is -0.362. The molecule has 0 saturated carbocycles. The number of aryl methyl sites for hydroxylation is 1. The molecule has 1 N–H and O–H groups in total. The molecule has 3 heterocycles. The van der Waals surface area contributed by atoms with Crippen LogP contribution in [0.1, 0.15) is 25.1 Å². The summed E-state index contributed by atoms with van der Waals surface area (Å²) in [7, 11) is 3.36. The Morgan fingerprint density at radius 3 is 2.70 bits per heavy atom. The van der Waals surface area contributed by atoms with Gasteiger partial charge in [0.05, 0.1) is 18.0 Å². The molecule has 0 spiro atoms. The highest BCUT2D eigenvalue weighted by Gasteiger charge is 2.55. The molecule has 0 aromatic carbocycles. The number of aromatic nitrogens is 2. The first-order valence-electron chi connectivity index (χ1n) is 9.31. The Hall–Kier alpha value is -1.49. The number of amides is 1. The van der Waals surface area contributed by atoms with Gasteiger partial charge in [-0.25, -0.2) is 4.98 Å². The summed E-state index contributed by atoms with van der Waals surface area (Å²) < 4.78 is 30.4. The predicted octanol–water partition coefficient (Wildman–Crippen LogP) is -0.371. The summed E-state index contributed by atoms with van der Waals surface area (Å²) in [4.78, 5) is 19.7. The van der Waals surface area contributed by atoms with Gasteiger partial charge in [0.2, 0.25) is 5.91 Å². The first-order chi connectivity index (χ1) is 12.7. The molecule has 9 nitrogen and oxygen atoms in total. The van der Waals surface area contributed by atoms with Crippen molar-refractivity contribution in [2.45, 2.75) is 31.8 Å². The van der Waals surface area contributed by atoms with Gasteiger partial charge < -0.3 is 14.8 Å². The first kappa shape index (κ1) is 20.2. The number of imidazole rings is 1. The van der Waals surface area contributed by atoms with Gasteiger partial charge >= 0.3 is 0 Å². The Morgan fingerprint density at radius 2 is 2.07 bits per heavy atom. The SMILES string of the molecule is CN1CC[C@]2(C(=O)NCc3nccn3C)CCCN(S(=O)(=O)N(C)C)[C@H]2C1. The maximum atomic E-state index is 13.3. The fourth-order valence-corrected chi connectivity index (χ4v) is 5.62. The van der Waals surface area contributed by atoms with Crippen LogP contribution < -0.4 is 5.32 Å². The van der Waals surface area contributed by atoms with Gasteiger partial charge in [-0.2, -0.15) is 17.0 Å². The molecular weight excluding hydrogens is 368 g/mol. The zero-order valence-corrected chi connectivity index (χ0v) is 17.4. The molecule has 27 heavy (non-hydrogen) atoms. The maximum Gasteiger partial charge on any atom is 0.281 e. The average molecular weight is 399 g/mol. The van der Waals surface area contributed by atoms with Crippen LogP contribution in [0.5, 0.6) is 0 Å². The molecule has 0 aliphatic carbocycles. The third-order valence-electron chi connectivity index (χ3n) is 5.95. The highest BCUT2D eigenvalue weighted by molar-refractivity contribution is 7.86. The van der Waals surface area contributed by atoms with E-state index >= 15 is 0 Å². The third kappa shape index (κ3) is 3.63. The zero-order valence-electron chi connectivity index (χ0n) is 16.6. The number of likely N-dealkylation sites (N-methyl/N-ethyl adjacent to an activating group) is 1. The molecule has 1 aromatic rings. The number of carbonyl (C=O) groups is 1. The molecule has 3 rings (SSSR count). The molecule has 2 aliphatic rings. The molecule has 1 amide bonds. The fraction of sp³-hybridized carbons (Fsp3) is 0.765. The molecule has 10 heteroatoms. The highest BCUT2D eigenvalue weighted by atomic mass is 32.2. The van der Waals surface area contributed by atoms with E-state index in [0.29, 0.717) is 38.9 Å². The van der Waals surface area contributed by atoms with E-state index in [4.69, 9.17) is 0 Å². The van der Waals surface area contributed by atoms with Crippen LogP contribution in [-0.4, -0.2) is 84.2 Å². The number of nitrogens with one attached hydrogen (secondary N) is 1. The summed E-state index contributed by atoms with van der Waals surface area (Å²) >= 11 is 0. The van der Waals surface area contributed by atoms with Gasteiger partial charge in [0.1, 0.15) is 5.82 Å². The van der Waals surface area contributed by atoms with Crippen molar-refractivity contribution in [2.75, 3.05) is 40.8 Å². The summed E-state index contributed by atoms with van der Waals surface area (Å²) in [5, 5.41) is 3.03. The third-order valence-corrected chi connectivity index (χ3v) is 7.90. The van der Waals surface area contributed by atoms with Crippen LogP contribution in [0.15, 0.2) is 12.4 Å². The van der Waals surface area contributed by atoms with E-state index in [0.717, 1.165) is 12.4 Å². The Balaban J connectivity index is 1.87. The molecule has 1 aromatic heterocycles. The predicted molar refractivity (Wildman–Crippen MR) is 102 cm³/mol. The van der Waals surface area contributed by atoms with E-state index in [-0.39, 0.29) is 11.9 Å². The zero-order chi connectivity index (χ0) is 19.8. The number of hydrogen-bond donors (Lipinski definition) is 1. The van der Waals surface area contributed by atoms with Crippen molar-refractivity contribution in [1.29, 1.82) is 0 Å². The Labute approximate surface area is 161 Å². The topological polar surface area (TPSA) is 90.8 Å². The minimum absolute atomic E-state index is 0.0674. The number of fused-ring (bicyclic) bond motifs is 1. The van der Waals surface area contributed by atoms with E-state index in [9.17, 15) is 13.2 Å². The van der Waals surface area contributed by atoms with Crippen LogP contribution in [0.2, 0.25) is 0 Å². The van der Waals surface area contributed by atoms with Crippen LogP contribution >= 0.6 is 0 Å². The van der Waals surface area contributed by atoms with Crippen LogP contribution in [0.3, 0.4) is 0 Å². The smallest absolute Gasteiger partial charge is 0.281 e. The lowest BCUT2D eigenvalue weighted by Crippen LogP contribution is -2.67. The molecule has 2 atom stereocenters. The number of likely N-dealkylation sites (tertiary alicyclic amines) is 1. The van der Waals surface area contributed by atoms with E-state index in [1.807, 2.05) is 24.9 Å². The molecule has 2 saturated heterocycles. The molecule has 2 fully saturated rings. The number of nitrogens with zero attached hydrogens (tertiary/aromatic N) is 5. The van der Waals surface area contributed by atoms with Crippen molar-refractivity contribution in [3.63, 3.8) is 0 Å². The van der Waals surface area contributed by atoms with Gasteiger partial charge in [-0.3, -0.25) is 4.79 Å². The second-order valence-electron chi connectivity index (χ2n) is 7.83. The molecule has 0 unspecified atom stereocenters. The first-order valence-corrected chi connectivity index (χ1v) is 10.7. The Kier molecular flexibility index (Phi) is 5.62. The summed E-state index contributed by atoms with van der Waals surface area (Å²) in [6.07, 6.45) is 5.58. The average Bonchev–Trinajstić information content (AvgIpc) is 3.03. The van der Waals surface area contributed by atoms with E-state index in [1.54, 1.807) is 20.3 Å². The minimum atomic E-state index is -3.59. The van der Waals surface area contributed by atoms with Crippen molar-refractivity contribution in [2.24, 2.45) is 12.5 Å². The molecule has 0 bridgehead atoms. The number of hydrogen-bond acceptors (Lipinski definition) is 5. The molecular formula is C17H30N6O3S. The van der Waals surface area contributed by atoms with Gasteiger partial charge in [0, 0.05) is 46.6 Å². The van der Waals surface area contributed by atoms with Gasteiger partial charge in [0.25, 0.3) is 10.2 Å². The quantitative estimate of drug-likeness (QED) is 0.731. The lowest BCUT2D eigenvalue weighted by molar-refractivity contribution is -0.141. The second-order valence-corrected chi connectivity index (χ2v) is 9.92. The summed E-state index contributed by atoms with van der Waals surface area (Å²) in [5.41, 5.74) is -0.695. The van der Waals surface area contributed by atoms with Crippen LogP contribution in [0.25, 0.3) is 0 Å². The van der Waals surface area contributed by atoms with E-state index in [2.05, 4.69) is 15.2 Å². The molecule has 0 radical (unpaired) electrons. The van der Waals surface area contributed by atoms with Gasteiger partial charge in [-0.1, -0.05) is 0 Å². The number of piperidine rings is 2. The minimum Gasteiger partial charge on any atom is -0.348 e. The molecule has 152 valence electrons. The standard InChI is InChI=1S/C17H30N6O3S/c1-20(2)27(25,26)23-9-5-6-17(7-10-21(3)13-14(17)23)16(24)19-12-15-18-8-11-22(15)4/h8,11,14H,5-7,9-10,12-13H2,1-4H3,(H,19,24)/t14-,17+/m0/s1.